The Balaban J connectivity index is 1.59. The molecule has 26 heavy (non-hydrogen) atoms. The number of aromatic nitrogens is 3. The Bertz CT molecular complexity index is 841. The van der Waals surface area contributed by atoms with E-state index >= 15 is 0 Å². The van der Waals surface area contributed by atoms with E-state index in [1.807, 2.05) is 55.3 Å². The maximum atomic E-state index is 12.3. The molecule has 1 aromatic heterocycles. The number of anilines is 1. The first-order valence-electron chi connectivity index (χ1n) is 8.54. The van der Waals surface area contributed by atoms with Gasteiger partial charge in [-0.15, -0.1) is 0 Å². The molecule has 0 unspecified atom stereocenters. The summed E-state index contributed by atoms with van der Waals surface area (Å²) in [5.74, 6) is -0.0255. The molecule has 0 fully saturated rings. The van der Waals surface area contributed by atoms with Gasteiger partial charge < -0.3 is 5.32 Å². The zero-order valence-electron chi connectivity index (χ0n) is 15.3. The molecule has 0 aliphatic rings. The number of carbonyl (C=O) groups is 1. The summed E-state index contributed by atoms with van der Waals surface area (Å²) in [6.07, 6.45) is 3.18. The fourth-order valence-electron chi connectivity index (χ4n) is 2.70. The van der Waals surface area contributed by atoms with Crippen molar-refractivity contribution in [2.75, 3.05) is 18.9 Å². The van der Waals surface area contributed by atoms with Crippen LogP contribution in [0, 0.1) is 6.92 Å². The van der Waals surface area contributed by atoms with Gasteiger partial charge in [0.05, 0.1) is 12.2 Å². The third-order valence-electron chi connectivity index (χ3n) is 4.45. The molecule has 0 saturated heterocycles. The van der Waals surface area contributed by atoms with Gasteiger partial charge in [0.2, 0.25) is 5.91 Å². The molecular formula is C20H23N5O. The fraction of sp³-hybridized carbons (Fsp3) is 0.250. The molecule has 1 N–H and O–H groups in total. The summed E-state index contributed by atoms with van der Waals surface area (Å²) >= 11 is 0. The fourth-order valence-corrected chi connectivity index (χ4v) is 2.70. The minimum atomic E-state index is -0.0255. The Kier molecular flexibility index (Phi) is 5.43. The Labute approximate surface area is 153 Å². The minimum Gasteiger partial charge on any atom is -0.325 e. The summed E-state index contributed by atoms with van der Waals surface area (Å²) in [5, 5.41) is 7.06. The van der Waals surface area contributed by atoms with E-state index in [0.29, 0.717) is 6.54 Å². The van der Waals surface area contributed by atoms with E-state index in [1.54, 1.807) is 11.0 Å². The van der Waals surface area contributed by atoms with E-state index in [4.69, 9.17) is 0 Å². The van der Waals surface area contributed by atoms with E-state index in [0.717, 1.165) is 16.9 Å². The van der Waals surface area contributed by atoms with Crippen molar-refractivity contribution < 1.29 is 4.79 Å². The maximum Gasteiger partial charge on any atom is 0.238 e. The van der Waals surface area contributed by atoms with Gasteiger partial charge in [-0.1, -0.05) is 29.8 Å². The first-order chi connectivity index (χ1) is 12.5. The molecule has 1 amide bonds. The molecule has 0 saturated carbocycles. The van der Waals surface area contributed by atoms with Gasteiger partial charge in [-0.2, -0.15) is 5.10 Å². The Morgan fingerprint density at radius 2 is 1.85 bits per heavy atom. The molecule has 6 nitrogen and oxygen atoms in total. The topological polar surface area (TPSA) is 63.1 Å². The van der Waals surface area contributed by atoms with Crippen LogP contribution in [-0.4, -0.2) is 39.2 Å². The zero-order valence-corrected chi connectivity index (χ0v) is 15.3. The van der Waals surface area contributed by atoms with E-state index in [-0.39, 0.29) is 11.9 Å². The lowest BCUT2D eigenvalue weighted by molar-refractivity contribution is -0.117. The zero-order chi connectivity index (χ0) is 18.5. The number of nitrogens with zero attached hydrogens (tertiary/aromatic N) is 4. The first kappa shape index (κ1) is 17.8. The number of aryl methyl sites for hydroxylation is 1. The number of benzene rings is 2. The predicted octanol–water partition coefficient (Wildman–Crippen LogP) is 3.21. The van der Waals surface area contributed by atoms with Crippen LogP contribution in [0.15, 0.2) is 61.2 Å². The third-order valence-corrected chi connectivity index (χ3v) is 4.45. The highest BCUT2D eigenvalue weighted by atomic mass is 16.2. The van der Waals surface area contributed by atoms with Gasteiger partial charge in [0.25, 0.3) is 0 Å². The number of nitrogens with one attached hydrogen (secondary N) is 1. The number of amides is 1. The highest BCUT2D eigenvalue weighted by Crippen LogP contribution is 2.20. The maximum absolute atomic E-state index is 12.3. The number of rotatable bonds is 6. The standard InChI is InChI=1S/C20H23N5O/c1-15-4-8-18(9-5-15)23-20(26)12-24(3)16(2)17-6-10-19(11-7-17)25-14-21-13-22-25/h4-11,13-14,16H,12H2,1-3H3,(H,23,26)/t16-/m1/s1. The van der Waals surface area contributed by atoms with Crippen LogP contribution in [-0.2, 0) is 4.79 Å². The second kappa shape index (κ2) is 7.93. The molecule has 6 heteroatoms. The van der Waals surface area contributed by atoms with Gasteiger partial charge in [0.1, 0.15) is 12.7 Å². The van der Waals surface area contributed by atoms with E-state index in [2.05, 4.69) is 34.5 Å². The monoisotopic (exact) mass is 349 g/mol. The molecule has 0 aliphatic heterocycles. The molecule has 0 aliphatic carbocycles. The van der Waals surface area contributed by atoms with Crippen molar-refractivity contribution in [2.45, 2.75) is 19.9 Å². The molecule has 2 aromatic carbocycles. The van der Waals surface area contributed by atoms with Gasteiger partial charge in [0.15, 0.2) is 0 Å². The highest BCUT2D eigenvalue weighted by Gasteiger charge is 2.15. The SMILES string of the molecule is Cc1ccc(NC(=O)CN(C)[C@H](C)c2ccc(-n3cncn3)cc2)cc1. The van der Waals surface area contributed by atoms with Crippen molar-refractivity contribution in [3.05, 3.63) is 72.3 Å². The van der Waals surface area contributed by atoms with Crippen molar-refractivity contribution >= 4 is 11.6 Å². The Morgan fingerprint density at radius 3 is 2.46 bits per heavy atom. The number of likely N-dealkylation sites (N-methyl/N-ethyl adjacent to an activating group) is 1. The number of hydrogen-bond donors (Lipinski definition) is 1. The van der Waals surface area contributed by atoms with E-state index in [1.165, 1.54) is 11.9 Å². The molecular weight excluding hydrogens is 326 g/mol. The van der Waals surface area contributed by atoms with Crippen molar-refractivity contribution in [1.82, 2.24) is 19.7 Å². The number of carbonyl (C=O) groups excluding carboxylic acids is 1. The predicted molar refractivity (Wildman–Crippen MR) is 102 cm³/mol. The summed E-state index contributed by atoms with van der Waals surface area (Å²) in [4.78, 5) is 18.3. The summed E-state index contributed by atoms with van der Waals surface area (Å²) in [6.45, 7) is 4.43. The lowest BCUT2D eigenvalue weighted by Crippen LogP contribution is -2.32. The average Bonchev–Trinajstić information content (AvgIpc) is 3.18. The second-order valence-electron chi connectivity index (χ2n) is 6.44. The molecule has 3 rings (SSSR count). The number of hydrogen-bond acceptors (Lipinski definition) is 4. The largest absolute Gasteiger partial charge is 0.325 e. The normalized spacial score (nSPS) is 12.2. The van der Waals surface area contributed by atoms with Crippen LogP contribution in [0.25, 0.3) is 5.69 Å². The van der Waals surface area contributed by atoms with Crippen LogP contribution in [0.2, 0.25) is 0 Å². The molecule has 1 atom stereocenters. The summed E-state index contributed by atoms with van der Waals surface area (Å²) in [6, 6.07) is 16.0. The average molecular weight is 349 g/mol. The Morgan fingerprint density at radius 1 is 1.15 bits per heavy atom. The molecule has 1 heterocycles. The van der Waals surface area contributed by atoms with Gasteiger partial charge in [-0.05, 0) is 50.7 Å². The smallest absolute Gasteiger partial charge is 0.238 e. The summed E-state index contributed by atoms with van der Waals surface area (Å²) in [5.41, 5.74) is 4.08. The van der Waals surface area contributed by atoms with Gasteiger partial charge in [0, 0.05) is 11.7 Å². The van der Waals surface area contributed by atoms with Crippen LogP contribution in [0.1, 0.15) is 24.1 Å². The van der Waals surface area contributed by atoms with Gasteiger partial charge >= 0.3 is 0 Å². The van der Waals surface area contributed by atoms with Gasteiger partial charge in [-0.3, -0.25) is 9.69 Å². The Hall–Kier alpha value is -2.99. The lowest BCUT2D eigenvalue weighted by Gasteiger charge is -2.24. The van der Waals surface area contributed by atoms with E-state index in [9.17, 15) is 4.79 Å². The molecule has 0 spiro atoms. The molecule has 3 aromatic rings. The van der Waals surface area contributed by atoms with Crippen LogP contribution < -0.4 is 5.32 Å². The molecule has 0 radical (unpaired) electrons. The van der Waals surface area contributed by atoms with Crippen molar-refractivity contribution in [3.63, 3.8) is 0 Å². The first-order valence-corrected chi connectivity index (χ1v) is 8.54. The van der Waals surface area contributed by atoms with Crippen LogP contribution in [0.3, 0.4) is 0 Å². The minimum absolute atomic E-state index is 0.0255. The van der Waals surface area contributed by atoms with Gasteiger partial charge in [-0.25, -0.2) is 9.67 Å². The van der Waals surface area contributed by atoms with Crippen molar-refractivity contribution in [3.8, 4) is 5.69 Å². The summed E-state index contributed by atoms with van der Waals surface area (Å²) in [7, 11) is 1.95. The summed E-state index contributed by atoms with van der Waals surface area (Å²) < 4.78 is 1.72. The second-order valence-corrected chi connectivity index (χ2v) is 6.44. The quantitative estimate of drug-likeness (QED) is 0.742. The van der Waals surface area contributed by atoms with Crippen LogP contribution >= 0.6 is 0 Å². The van der Waals surface area contributed by atoms with Crippen LogP contribution in [0.4, 0.5) is 5.69 Å². The highest BCUT2D eigenvalue weighted by molar-refractivity contribution is 5.92. The van der Waals surface area contributed by atoms with Crippen molar-refractivity contribution in [1.29, 1.82) is 0 Å². The van der Waals surface area contributed by atoms with Crippen molar-refractivity contribution in [2.24, 2.45) is 0 Å². The van der Waals surface area contributed by atoms with Crippen LogP contribution in [0.5, 0.6) is 0 Å². The lowest BCUT2D eigenvalue weighted by atomic mass is 10.1. The molecule has 0 bridgehead atoms. The third kappa shape index (κ3) is 4.34. The van der Waals surface area contributed by atoms with E-state index < -0.39 is 0 Å². The molecule has 134 valence electrons.